The Kier molecular flexibility index (Phi) is 4.14. The van der Waals surface area contributed by atoms with Crippen LogP contribution in [0.3, 0.4) is 0 Å². The number of fused-ring (bicyclic) bond motifs is 1. The molecule has 3 nitrogen and oxygen atoms in total. The molecule has 1 heterocycles. The van der Waals surface area contributed by atoms with E-state index in [0.29, 0.717) is 23.6 Å². The molecule has 0 saturated carbocycles. The number of benzene rings is 1. The van der Waals surface area contributed by atoms with Gasteiger partial charge in [-0.3, -0.25) is 0 Å². The SMILES string of the molecule is COc1nnc(-c2ccccc2)c2c1C(CC(C)C)CC2C. The van der Waals surface area contributed by atoms with Crippen LogP contribution in [0.25, 0.3) is 11.3 Å². The molecule has 22 heavy (non-hydrogen) atoms. The third kappa shape index (κ3) is 2.60. The lowest BCUT2D eigenvalue weighted by molar-refractivity contribution is 0.378. The number of hydrogen-bond acceptors (Lipinski definition) is 3. The van der Waals surface area contributed by atoms with Crippen LogP contribution in [0.15, 0.2) is 30.3 Å². The predicted molar refractivity (Wildman–Crippen MR) is 89.2 cm³/mol. The highest BCUT2D eigenvalue weighted by atomic mass is 16.5. The molecule has 2 unspecified atom stereocenters. The summed E-state index contributed by atoms with van der Waals surface area (Å²) in [7, 11) is 1.70. The zero-order valence-corrected chi connectivity index (χ0v) is 13.8. The van der Waals surface area contributed by atoms with Crippen LogP contribution in [0.5, 0.6) is 5.88 Å². The summed E-state index contributed by atoms with van der Waals surface area (Å²) < 4.78 is 5.53. The molecule has 1 aliphatic rings. The minimum Gasteiger partial charge on any atom is -0.480 e. The monoisotopic (exact) mass is 296 g/mol. The number of rotatable bonds is 4. The second kappa shape index (κ2) is 6.07. The molecule has 1 aromatic heterocycles. The van der Waals surface area contributed by atoms with Crippen LogP contribution in [0.2, 0.25) is 0 Å². The molecule has 0 aliphatic heterocycles. The van der Waals surface area contributed by atoms with Crippen LogP contribution >= 0.6 is 0 Å². The summed E-state index contributed by atoms with van der Waals surface area (Å²) in [6.07, 6.45) is 2.34. The van der Waals surface area contributed by atoms with Gasteiger partial charge in [-0.25, -0.2) is 0 Å². The predicted octanol–water partition coefficient (Wildman–Crippen LogP) is 4.79. The van der Waals surface area contributed by atoms with Gasteiger partial charge in [0, 0.05) is 11.1 Å². The lowest BCUT2D eigenvalue weighted by atomic mass is 9.92. The first-order valence-electron chi connectivity index (χ1n) is 8.11. The van der Waals surface area contributed by atoms with Gasteiger partial charge >= 0.3 is 0 Å². The Morgan fingerprint density at radius 1 is 1.14 bits per heavy atom. The Hall–Kier alpha value is -1.90. The smallest absolute Gasteiger partial charge is 0.236 e. The molecule has 0 amide bonds. The summed E-state index contributed by atoms with van der Waals surface area (Å²) >= 11 is 0. The maximum atomic E-state index is 5.53. The summed E-state index contributed by atoms with van der Waals surface area (Å²) in [5, 5.41) is 8.85. The van der Waals surface area contributed by atoms with E-state index in [2.05, 4.69) is 55.2 Å². The summed E-state index contributed by atoms with van der Waals surface area (Å²) in [6, 6.07) is 10.4. The van der Waals surface area contributed by atoms with Crippen molar-refractivity contribution in [2.24, 2.45) is 5.92 Å². The Morgan fingerprint density at radius 2 is 1.86 bits per heavy atom. The van der Waals surface area contributed by atoms with E-state index in [9.17, 15) is 0 Å². The summed E-state index contributed by atoms with van der Waals surface area (Å²) in [6.45, 7) is 6.86. The van der Waals surface area contributed by atoms with E-state index >= 15 is 0 Å². The maximum Gasteiger partial charge on any atom is 0.236 e. The number of hydrogen-bond donors (Lipinski definition) is 0. The van der Waals surface area contributed by atoms with Gasteiger partial charge in [-0.1, -0.05) is 51.1 Å². The number of nitrogens with zero attached hydrogens (tertiary/aromatic N) is 2. The van der Waals surface area contributed by atoms with Crippen LogP contribution in [-0.4, -0.2) is 17.3 Å². The van der Waals surface area contributed by atoms with Crippen molar-refractivity contribution in [3.63, 3.8) is 0 Å². The van der Waals surface area contributed by atoms with Crippen LogP contribution in [0, 0.1) is 5.92 Å². The number of aromatic nitrogens is 2. The Labute approximate surface area is 132 Å². The number of ether oxygens (including phenoxy) is 1. The molecule has 0 N–H and O–H groups in total. The summed E-state index contributed by atoms with van der Waals surface area (Å²) in [5.74, 6) is 2.40. The minimum absolute atomic E-state index is 0.498. The van der Waals surface area contributed by atoms with E-state index < -0.39 is 0 Å². The zero-order chi connectivity index (χ0) is 15.7. The normalized spacial score (nSPS) is 20.2. The van der Waals surface area contributed by atoms with Gasteiger partial charge in [0.25, 0.3) is 0 Å². The average molecular weight is 296 g/mol. The van der Waals surface area contributed by atoms with Crippen molar-refractivity contribution in [1.29, 1.82) is 0 Å². The second-order valence-electron chi connectivity index (χ2n) is 6.71. The van der Waals surface area contributed by atoms with Crippen molar-refractivity contribution in [1.82, 2.24) is 10.2 Å². The van der Waals surface area contributed by atoms with Crippen LogP contribution in [0.4, 0.5) is 0 Å². The van der Waals surface area contributed by atoms with E-state index in [1.165, 1.54) is 17.5 Å². The standard InChI is InChI=1S/C19H24N2O/c1-12(2)10-15-11-13(3)16-17(15)19(22-4)21-20-18(16)14-8-6-5-7-9-14/h5-9,12-13,15H,10-11H2,1-4H3. The quantitative estimate of drug-likeness (QED) is 0.813. The minimum atomic E-state index is 0.498. The molecule has 3 heteroatoms. The second-order valence-corrected chi connectivity index (χ2v) is 6.71. The molecule has 116 valence electrons. The Morgan fingerprint density at radius 3 is 2.50 bits per heavy atom. The molecule has 0 saturated heterocycles. The highest BCUT2D eigenvalue weighted by Gasteiger charge is 2.35. The Balaban J connectivity index is 2.15. The molecule has 2 aromatic rings. The van der Waals surface area contributed by atoms with E-state index in [4.69, 9.17) is 4.74 Å². The lowest BCUT2D eigenvalue weighted by Crippen LogP contribution is -2.05. The van der Waals surface area contributed by atoms with E-state index in [1.54, 1.807) is 7.11 Å². The van der Waals surface area contributed by atoms with Crippen molar-refractivity contribution in [2.75, 3.05) is 7.11 Å². The van der Waals surface area contributed by atoms with Crippen molar-refractivity contribution >= 4 is 0 Å². The number of methoxy groups -OCH3 is 1. The topological polar surface area (TPSA) is 35.0 Å². The van der Waals surface area contributed by atoms with Crippen molar-refractivity contribution in [3.8, 4) is 17.1 Å². The van der Waals surface area contributed by atoms with E-state index in [-0.39, 0.29) is 0 Å². The maximum absolute atomic E-state index is 5.53. The summed E-state index contributed by atoms with van der Waals surface area (Å²) in [5.41, 5.74) is 4.79. The molecule has 0 fully saturated rings. The van der Waals surface area contributed by atoms with Gasteiger partial charge in [0.05, 0.1) is 12.8 Å². The molecule has 0 spiro atoms. The van der Waals surface area contributed by atoms with Gasteiger partial charge in [0.1, 0.15) is 0 Å². The van der Waals surface area contributed by atoms with Gasteiger partial charge < -0.3 is 4.74 Å². The molecular formula is C19H24N2O. The van der Waals surface area contributed by atoms with Crippen LogP contribution in [0.1, 0.15) is 56.6 Å². The summed E-state index contributed by atoms with van der Waals surface area (Å²) in [4.78, 5) is 0. The third-order valence-corrected chi connectivity index (χ3v) is 4.55. The van der Waals surface area contributed by atoms with Gasteiger partial charge in [-0.15, -0.1) is 10.2 Å². The van der Waals surface area contributed by atoms with Crippen LogP contribution in [-0.2, 0) is 0 Å². The molecule has 1 aliphatic carbocycles. The first-order chi connectivity index (χ1) is 10.6. The van der Waals surface area contributed by atoms with Gasteiger partial charge in [0.2, 0.25) is 5.88 Å². The molecule has 3 rings (SSSR count). The van der Waals surface area contributed by atoms with Crippen molar-refractivity contribution < 1.29 is 4.74 Å². The largest absolute Gasteiger partial charge is 0.480 e. The average Bonchev–Trinajstić information content (AvgIpc) is 2.84. The molecule has 2 atom stereocenters. The van der Waals surface area contributed by atoms with Crippen molar-refractivity contribution in [2.45, 2.75) is 45.4 Å². The van der Waals surface area contributed by atoms with Crippen molar-refractivity contribution in [3.05, 3.63) is 41.5 Å². The molecule has 0 bridgehead atoms. The van der Waals surface area contributed by atoms with E-state index in [1.807, 2.05) is 6.07 Å². The fourth-order valence-corrected chi connectivity index (χ4v) is 3.74. The van der Waals surface area contributed by atoms with Gasteiger partial charge in [-0.2, -0.15) is 0 Å². The first kappa shape index (κ1) is 15.0. The third-order valence-electron chi connectivity index (χ3n) is 4.55. The highest BCUT2D eigenvalue weighted by Crippen LogP contribution is 2.50. The zero-order valence-electron chi connectivity index (χ0n) is 13.8. The Bertz CT molecular complexity index is 652. The molecule has 1 aromatic carbocycles. The van der Waals surface area contributed by atoms with Gasteiger partial charge in [-0.05, 0) is 36.2 Å². The molecular weight excluding hydrogens is 272 g/mol. The fourth-order valence-electron chi connectivity index (χ4n) is 3.74. The lowest BCUT2D eigenvalue weighted by Gasteiger charge is -2.17. The molecule has 0 radical (unpaired) electrons. The van der Waals surface area contributed by atoms with E-state index in [0.717, 1.165) is 17.7 Å². The fraction of sp³-hybridized carbons (Fsp3) is 0.474. The highest BCUT2D eigenvalue weighted by molar-refractivity contribution is 5.67. The first-order valence-corrected chi connectivity index (χ1v) is 8.11. The van der Waals surface area contributed by atoms with Crippen LogP contribution < -0.4 is 4.74 Å². The van der Waals surface area contributed by atoms with Gasteiger partial charge in [0.15, 0.2) is 0 Å².